The van der Waals surface area contributed by atoms with Crippen LogP contribution >= 0.6 is 0 Å². The van der Waals surface area contributed by atoms with E-state index in [4.69, 9.17) is 0 Å². The highest BCUT2D eigenvalue weighted by molar-refractivity contribution is 6.00. The van der Waals surface area contributed by atoms with Gasteiger partial charge >= 0.3 is 5.97 Å². The molecular formula is C11H10N2O3. The van der Waals surface area contributed by atoms with Gasteiger partial charge in [0.05, 0.1) is 24.1 Å². The average Bonchev–Trinajstić information content (AvgIpc) is 3.08. The summed E-state index contributed by atoms with van der Waals surface area (Å²) in [5, 5.41) is 2.76. The van der Waals surface area contributed by atoms with Gasteiger partial charge in [-0.3, -0.25) is 9.78 Å². The number of hydrogen-bond acceptors (Lipinski definition) is 4. The Bertz CT molecular complexity index is 498. The number of carbonyl (C=O) groups excluding carboxylic acids is 2. The fourth-order valence-electron chi connectivity index (χ4n) is 2.11. The number of methoxy groups -OCH3 is 1. The van der Waals surface area contributed by atoms with E-state index in [0.29, 0.717) is 11.3 Å². The van der Waals surface area contributed by atoms with Crippen LogP contribution in [0.4, 0.5) is 5.69 Å². The lowest BCUT2D eigenvalue weighted by atomic mass is 10.1. The van der Waals surface area contributed by atoms with E-state index in [2.05, 4.69) is 15.0 Å². The Labute approximate surface area is 91.8 Å². The van der Waals surface area contributed by atoms with Gasteiger partial charge in [-0.1, -0.05) is 0 Å². The van der Waals surface area contributed by atoms with Gasteiger partial charge in [0, 0.05) is 18.0 Å². The summed E-state index contributed by atoms with van der Waals surface area (Å²) in [6.45, 7) is 0. The zero-order chi connectivity index (χ0) is 11.3. The highest BCUT2D eigenvalue weighted by Crippen LogP contribution is 2.52. The van der Waals surface area contributed by atoms with E-state index < -0.39 is 5.97 Å². The lowest BCUT2D eigenvalue weighted by molar-refractivity contribution is -0.117. The number of esters is 1. The van der Waals surface area contributed by atoms with E-state index in [1.54, 1.807) is 6.07 Å². The van der Waals surface area contributed by atoms with Crippen LogP contribution in [-0.4, -0.2) is 24.0 Å². The lowest BCUT2D eigenvalue weighted by Gasteiger charge is -2.15. The Balaban J connectivity index is 2.02. The Hall–Kier alpha value is -1.91. The molecule has 0 aromatic carbocycles. The first-order chi connectivity index (χ1) is 7.70. The number of hydrogen-bond donors (Lipinski definition) is 1. The predicted molar refractivity (Wildman–Crippen MR) is 55.1 cm³/mol. The normalized spacial score (nSPS) is 25.2. The number of nitrogens with zero attached hydrogens (tertiary/aromatic N) is 1. The largest absolute Gasteiger partial charge is 0.465 e. The second-order valence-corrected chi connectivity index (χ2v) is 4.09. The third-order valence-electron chi connectivity index (χ3n) is 3.08. The number of rotatable bonds is 1. The van der Waals surface area contributed by atoms with Gasteiger partial charge in [0.15, 0.2) is 0 Å². The fraction of sp³-hybridized carbons (Fsp3) is 0.364. The van der Waals surface area contributed by atoms with Crippen LogP contribution in [0.5, 0.6) is 0 Å². The van der Waals surface area contributed by atoms with Crippen LogP contribution in [0, 0.1) is 5.92 Å². The highest BCUT2D eigenvalue weighted by Gasteiger charge is 2.49. The third kappa shape index (κ3) is 1.21. The van der Waals surface area contributed by atoms with Crippen LogP contribution in [0.2, 0.25) is 0 Å². The Morgan fingerprint density at radius 1 is 1.56 bits per heavy atom. The molecule has 1 aliphatic heterocycles. The molecule has 0 saturated heterocycles. The van der Waals surface area contributed by atoms with Crippen molar-refractivity contribution in [1.29, 1.82) is 0 Å². The van der Waals surface area contributed by atoms with E-state index in [9.17, 15) is 9.59 Å². The van der Waals surface area contributed by atoms with E-state index in [1.165, 1.54) is 13.3 Å². The molecule has 1 fully saturated rings. The molecule has 82 valence electrons. The Morgan fingerprint density at radius 2 is 2.38 bits per heavy atom. The second-order valence-electron chi connectivity index (χ2n) is 4.09. The van der Waals surface area contributed by atoms with Gasteiger partial charge in [-0.2, -0.15) is 0 Å². The summed E-state index contributed by atoms with van der Waals surface area (Å²) < 4.78 is 4.60. The van der Waals surface area contributed by atoms with Crippen molar-refractivity contribution < 1.29 is 14.3 Å². The number of pyridine rings is 1. The summed E-state index contributed by atoms with van der Waals surface area (Å²) in [6, 6.07) is 1.63. The van der Waals surface area contributed by atoms with E-state index in [1.807, 2.05) is 0 Å². The van der Waals surface area contributed by atoms with Crippen LogP contribution in [0.15, 0.2) is 12.3 Å². The minimum Gasteiger partial charge on any atom is -0.465 e. The molecule has 0 bridgehead atoms. The van der Waals surface area contributed by atoms with Crippen molar-refractivity contribution in [1.82, 2.24) is 4.98 Å². The van der Waals surface area contributed by atoms with Gasteiger partial charge in [0.2, 0.25) is 5.91 Å². The molecule has 2 aliphatic rings. The molecule has 1 aromatic rings. The summed E-state index contributed by atoms with van der Waals surface area (Å²) >= 11 is 0. The molecule has 1 saturated carbocycles. The molecule has 1 aliphatic carbocycles. The van der Waals surface area contributed by atoms with E-state index in [-0.39, 0.29) is 17.7 Å². The van der Waals surface area contributed by atoms with Gasteiger partial charge in [0.1, 0.15) is 0 Å². The van der Waals surface area contributed by atoms with Gasteiger partial charge in [-0.25, -0.2) is 4.79 Å². The topological polar surface area (TPSA) is 68.3 Å². The molecule has 2 atom stereocenters. The number of anilines is 1. The molecule has 2 heterocycles. The first-order valence-corrected chi connectivity index (χ1v) is 5.10. The summed E-state index contributed by atoms with van der Waals surface area (Å²) in [5.74, 6) is -0.0804. The van der Waals surface area contributed by atoms with Gasteiger partial charge in [0.25, 0.3) is 0 Å². The molecule has 1 amide bonds. The molecule has 3 rings (SSSR count). The van der Waals surface area contributed by atoms with Crippen LogP contribution in [0.1, 0.15) is 28.4 Å². The van der Waals surface area contributed by atoms with Crippen molar-refractivity contribution >= 4 is 17.6 Å². The zero-order valence-electron chi connectivity index (χ0n) is 8.69. The second kappa shape index (κ2) is 3.04. The maximum atomic E-state index is 11.5. The summed E-state index contributed by atoms with van der Waals surface area (Å²) in [5.41, 5.74) is 1.89. The number of fused-ring (bicyclic) bond motifs is 3. The minimum atomic E-state index is -0.442. The van der Waals surface area contributed by atoms with Crippen molar-refractivity contribution in [3.05, 3.63) is 23.5 Å². The van der Waals surface area contributed by atoms with Crippen LogP contribution in [0.3, 0.4) is 0 Å². The maximum Gasteiger partial charge on any atom is 0.339 e. The molecule has 5 nitrogen and oxygen atoms in total. The zero-order valence-corrected chi connectivity index (χ0v) is 8.69. The third-order valence-corrected chi connectivity index (χ3v) is 3.08. The Kier molecular flexibility index (Phi) is 1.77. The summed E-state index contributed by atoms with van der Waals surface area (Å²) in [4.78, 5) is 27.0. The molecule has 5 heteroatoms. The minimum absolute atomic E-state index is 0.0290. The number of ether oxygens (including phenoxy) is 1. The predicted octanol–water partition coefficient (Wildman–Crippen LogP) is 0.924. The fourth-order valence-corrected chi connectivity index (χ4v) is 2.11. The molecule has 0 radical (unpaired) electrons. The van der Waals surface area contributed by atoms with Crippen molar-refractivity contribution in [2.75, 3.05) is 12.4 Å². The monoisotopic (exact) mass is 218 g/mol. The first kappa shape index (κ1) is 9.33. The van der Waals surface area contributed by atoms with Crippen LogP contribution in [0.25, 0.3) is 0 Å². The SMILES string of the molecule is COC(=O)c1cnc2c(c1)NC(=O)C1CC21. The summed E-state index contributed by atoms with van der Waals surface area (Å²) in [6.07, 6.45) is 2.36. The molecular weight excluding hydrogens is 208 g/mol. The van der Waals surface area contributed by atoms with E-state index in [0.717, 1.165) is 12.1 Å². The standard InChI is InChI=1S/C11H10N2O3/c1-16-11(15)5-2-8-9(12-4-5)6-3-7(6)10(14)13-8/h2,4,6-7H,3H2,1H3,(H,13,14). The quantitative estimate of drug-likeness (QED) is 0.712. The average molecular weight is 218 g/mol. The number of carbonyl (C=O) groups is 2. The Morgan fingerprint density at radius 3 is 3.12 bits per heavy atom. The smallest absolute Gasteiger partial charge is 0.339 e. The van der Waals surface area contributed by atoms with Crippen molar-refractivity contribution in [2.24, 2.45) is 5.92 Å². The number of aromatic nitrogens is 1. The van der Waals surface area contributed by atoms with Gasteiger partial charge in [-0.15, -0.1) is 0 Å². The number of amides is 1. The molecule has 0 spiro atoms. The summed E-state index contributed by atoms with van der Waals surface area (Å²) in [7, 11) is 1.32. The van der Waals surface area contributed by atoms with Gasteiger partial charge in [-0.05, 0) is 12.5 Å². The first-order valence-electron chi connectivity index (χ1n) is 5.10. The van der Waals surface area contributed by atoms with Crippen LogP contribution < -0.4 is 5.32 Å². The lowest BCUT2D eigenvalue weighted by Crippen LogP contribution is -2.21. The van der Waals surface area contributed by atoms with Crippen molar-refractivity contribution in [2.45, 2.75) is 12.3 Å². The van der Waals surface area contributed by atoms with Crippen LogP contribution in [-0.2, 0) is 9.53 Å². The maximum absolute atomic E-state index is 11.5. The number of nitrogens with one attached hydrogen (secondary N) is 1. The molecule has 1 aromatic heterocycles. The molecule has 1 N–H and O–H groups in total. The molecule has 16 heavy (non-hydrogen) atoms. The highest BCUT2D eigenvalue weighted by atomic mass is 16.5. The van der Waals surface area contributed by atoms with Crippen molar-refractivity contribution in [3.63, 3.8) is 0 Å². The van der Waals surface area contributed by atoms with E-state index >= 15 is 0 Å². The molecule has 2 unspecified atom stereocenters. The van der Waals surface area contributed by atoms with Crippen molar-refractivity contribution in [3.8, 4) is 0 Å². The van der Waals surface area contributed by atoms with Gasteiger partial charge < -0.3 is 10.1 Å².